The van der Waals surface area contributed by atoms with Gasteiger partial charge in [-0.25, -0.2) is 0 Å². The van der Waals surface area contributed by atoms with Crippen LogP contribution in [-0.2, 0) is 20.0 Å². The molecule has 0 saturated carbocycles. The lowest BCUT2D eigenvalue weighted by Gasteiger charge is -2.27. The van der Waals surface area contributed by atoms with Gasteiger partial charge in [0.15, 0.2) is 0 Å². The largest absolute Gasteiger partial charge is 0.313 e. The first-order valence-corrected chi connectivity index (χ1v) is 8.55. The standard InChI is InChI=1S/C16H29ClN4/c1-5-14-16(17)15(20(4)19-14)11-21(9-12(2)3)10-13-7-6-8-18-13/h12-13,18H,5-11H2,1-4H3. The molecule has 2 heterocycles. The average molecular weight is 313 g/mol. The van der Waals surface area contributed by atoms with Crippen LogP contribution in [-0.4, -0.2) is 40.4 Å². The summed E-state index contributed by atoms with van der Waals surface area (Å²) in [6, 6.07) is 0.626. The first-order chi connectivity index (χ1) is 10.0. The van der Waals surface area contributed by atoms with Crippen molar-refractivity contribution in [1.29, 1.82) is 0 Å². The Morgan fingerprint density at radius 2 is 2.24 bits per heavy atom. The molecule has 0 spiro atoms. The fourth-order valence-corrected chi connectivity index (χ4v) is 3.50. The maximum absolute atomic E-state index is 6.50. The van der Waals surface area contributed by atoms with Gasteiger partial charge in [-0.2, -0.15) is 5.10 Å². The molecule has 0 aromatic carbocycles. The van der Waals surface area contributed by atoms with Gasteiger partial charge in [-0.3, -0.25) is 9.58 Å². The molecule has 0 radical (unpaired) electrons. The van der Waals surface area contributed by atoms with Crippen molar-refractivity contribution in [2.45, 2.75) is 52.6 Å². The van der Waals surface area contributed by atoms with Crippen LogP contribution in [0.2, 0.25) is 5.02 Å². The molecule has 4 nitrogen and oxygen atoms in total. The number of nitrogens with zero attached hydrogens (tertiary/aromatic N) is 3. The molecule has 2 rings (SSSR count). The topological polar surface area (TPSA) is 33.1 Å². The summed E-state index contributed by atoms with van der Waals surface area (Å²) >= 11 is 6.50. The van der Waals surface area contributed by atoms with Gasteiger partial charge >= 0.3 is 0 Å². The van der Waals surface area contributed by atoms with Gasteiger partial charge < -0.3 is 5.32 Å². The highest BCUT2D eigenvalue weighted by Crippen LogP contribution is 2.23. The van der Waals surface area contributed by atoms with E-state index in [1.807, 2.05) is 11.7 Å². The molecule has 1 saturated heterocycles. The summed E-state index contributed by atoms with van der Waals surface area (Å²) in [7, 11) is 2.00. The van der Waals surface area contributed by atoms with Crippen LogP contribution in [0.3, 0.4) is 0 Å². The van der Waals surface area contributed by atoms with Gasteiger partial charge in [0.25, 0.3) is 0 Å². The molecular formula is C16H29ClN4. The number of halogens is 1. The number of aryl methyl sites for hydroxylation is 2. The zero-order valence-electron chi connectivity index (χ0n) is 13.8. The Morgan fingerprint density at radius 3 is 2.76 bits per heavy atom. The number of hydrogen-bond donors (Lipinski definition) is 1. The van der Waals surface area contributed by atoms with E-state index in [1.165, 1.54) is 12.8 Å². The monoisotopic (exact) mass is 312 g/mol. The van der Waals surface area contributed by atoms with Crippen LogP contribution in [0.5, 0.6) is 0 Å². The van der Waals surface area contributed by atoms with Crippen molar-refractivity contribution in [2.24, 2.45) is 13.0 Å². The molecular weight excluding hydrogens is 284 g/mol. The summed E-state index contributed by atoms with van der Waals surface area (Å²) in [6.07, 6.45) is 3.47. The Kier molecular flexibility index (Phi) is 6.08. The molecule has 1 aliphatic rings. The minimum Gasteiger partial charge on any atom is -0.313 e. The van der Waals surface area contributed by atoms with Gasteiger partial charge in [0.05, 0.1) is 16.4 Å². The second-order valence-electron chi connectivity index (χ2n) is 6.57. The van der Waals surface area contributed by atoms with Gasteiger partial charge in [-0.05, 0) is 31.7 Å². The number of hydrogen-bond acceptors (Lipinski definition) is 3. The Bertz CT molecular complexity index is 449. The summed E-state index contributed by atoms with van der Waals surface area (Å²) < 4.78 is 1.95. The molecule has 1 atom stereocenters. The summed E-state index contributed by atoms with van der Waals surface area (Å²) in [6.45, 7) is 10.9. The molecule has 1 aliphatic heterocycles. The maximum atomic E-state index is 6.50. The van der Waals surface area contributed by atoms with Crippen LogP contribution in [0.4, 0.5) is 0 Å². The van der Waals surface area contributed by atoms with E-state index in [-0.39, 0.29) is 0 Å². The molecule has 0 bridgehead atoms. The van der Waals surface area contributed by atoms with Crippen LogP contribution in [0, 0.1) is 5.92 Å². The molecule has 5 heteroatoms. The molecule has 1 unspecified atom stereocenters. The van der Waals surface area contributed by atoms with Crippen LogP contribution in [0.25, 0.3) is 0 Å². The summed E-state index contributed by atoms with van der Waals surface area (Å²) in [5.74, 6) is 0.657. The van der Waals surface area contributed by atoms with Gasteiger partial charge in [-0.15, -0.1) is 0 Å². The highest BCUT2D eigenvalue weighted by Gasteiger charge is 2.21. The summed E-state index contributed by atoms with van der Waals surface area (Å²) in [5.41, 5.74) is 2.16. The highest BCUT2D eigenvalue weighted by atomic mass is 35.5. The molecule has 1 aromatic heterocycles. The van der Waals surface area contributed by atoms with E-state index in [9.17, 15) is 0 Å². The molecule has 1 N–H and O–H groups in total. The molecule has 0 aliphatic carbocycles. The lowest BCUT2D eigenvalue weighted by atomic mass is 10.1. The lowest BCUT2D eigenvalue weighted by Crippen LogP contribution is -2.39. The Morgan fingerprint density at radius 1 is 1.48 bits per heavy atom. The summed E-state index contributed by atoms with van der Waals surface area (Å²) in [4.78, 5) is 2.52. The third-order valence-electron chi connectivity index (χ3n) is 4.14. The molecule has 0 amide bonds. The van der Waals surface area contributed by atoms with Crippen molar-refractivity contribution in [3.05, 3.63) is 16.4 Å². The van der Waals surface area contributed by atoms with Crippen molar-refractivity contribution in [3.63, 3.8) is 0 Å². The number of rotatable bonds is 7. The minimum absolute atomic E-state index is 0.626. The van der Waals surface area contributed by atoms with E-state index in [1.54, 1.807) is 0 Å². The van der Waals surface area contributed by atoms with E-state index in [4.69, 9.17) is 11.6 Å². The Labute approximate surface area is 133 Å². The normalized spacial score (nSPS) is 19.1. The fraction of sp³-hybridized carbons (Fsp3) is 0.812. The second-order valence-corrected chi connectivity index (χ2v) is 6.94. The third kappa shape index (κ3) is 4.44. The quantitative estimate of drug-likeness (QED) is 0.840. The van der Waals surface area contributed by atoms with Crippen LogP contribution in [0.1, 0.15) is 45.0 Å². The van der Waals surface area contributed by atoms with E-state index >= 15 is 0 Å². The molecule has 1 aromatic rings. The van der Waals surface area contributed by atoms with E-state index in [0.29, 0.717) is 12.0 Å². The second kappa shape index (κ2) is 7.61. The lowest BCUT2D eigenvalue weighted by molar-refractivity contribution is 0.211. The zero-order chi connectivity index (χ0) is 15.4. The van der Waals surface area contributed by atoms with Crippen LogP contribution >= 0.6 is 11.6 Å². The molecule has 21 heavy (non-hydrogen) atoms. The van der Waals surface area contributed by atoms with Gasteiger partial charge in [0.1, 0.15) is 0 Å². The first kappa shape index (κ1) is 16.8. The van der Waals surface area contributed by atoms with Crippen molar-refractivity contribution in [1.82, 2.24) is 20.0 Å². The van der Waals surface area contributed by atoms with Gasteiger partial charge in [0, 0.05) is 32.7 Å². The third-order valence-corrected chi connectivity index (χ3v) is 4.58. The number of nitrogens with one attached hydrogen (secondary N) is 1. The smallest absolute Gasteiger partial charge is 0.0863 e. The predicted octanol–water partition coefficient (Wildman–Crippen LogP) is 2.85. The average Bonchev–Trinajstić information content (AvgIpc) is 3.01. The zero-order valence-corrected chi connectivity index (χ0v) is 14.6. The fourth-order valence-electron chi connectivity index (χ4n) is 3.15. The van der Waals surface area contributed by atoms with Gasteiger partial charge in [0.2, 0.25) is 0 Å². The van der Waals surface area contributed by atoms with Crippen molar-refractivity contribution < 1.29 is 0 Å². The van der Waals surface area contributed by atoms with E-state index in [0.717, 1.165) is 49.0 Å². The van der Waals surface area contributed by atoms with Crippen molar-refractivity contribution in [2.75, 3.05) is 19.6 Å². The summed E-state index contributed by atoms with van der Waals surface area (Å²) in [5, 5.41) is 8.98. The van der Waals surface area contributed by atoms with E-state index in [2.05, 4.69) is 36.1 Å². The number of aromatic nitrogens is 2. The highest BCUT2D eigenvalue weighted by molar-refractivity contribution is 6.31. The Balaban J connectivity index is 2.08. The van der Waals surface area contributed by atoms with Crippen LogP contribution < -0.4 is 5.32 Å². The van der Waals surface area contributed by atoms with Crippen molar-refractivity contribution >= 4 is 11.6 Å². The van der Waals surface area contributed by atoms with Gasteiger partial charge in [-0.1, -0.05) is 32.4 Å². The Hall–Kier alpha value is -0.580. The van der Waals surface area contributed by atoms with E-state index < -0.39 is 0 Å². The van der Waals surface area contributed by atoms with Crippen LogP contribution in [0.15, 0.2) is 0 Å². The SMILES string of the molecule is CCc1nn(C)c(CN(CC(C)C)CC2CCCN2)c1Cl. The van der Waals surface area contributed by atoms with Crippen molar-refractivity contribution in [3.8, 4) is 0 Å². The first-order valence-electron chi connectivity index (χ1n) is 8.17. The maximum Gasteiger partial charge on any atom is 0.0863 e. The molecule has 1 fully saturated rings. The molecule has 120 valence electrons. The predicted molar refractivity (Wildman–Crippen MR) is 88.7 cm³/mol. The minimum atomic E-state index is 0.626.